The van der Waals surface area contributed by atoms with E-state index < -0.39 is 0 Å². The monoisotopic (exact) mass is 467 g/mol. The first-order valence-corrected chi connectivity index (χ1v) is 9.25. The molecule has 6 nitrogen and oxygen atoms in total. The number of rotatable bonds is 8. The molecular formula is C16H30IN5OS. The lowest BCUT2D eigenvalue weighted by Crippen LogP contribution is -2.39. The first-order chi connectivity index (χ1) is 11.3. The highest BCUT2D eigenvalue weighted by Gasteiger charge is 2.09. The van der Waals surface area contributed by atoms with Crippen LogP contribution in [0, 0.1) is 6.92 Å². The summed E-state index contributed by atoms with van der Waals surface area (Å²) >= 11 is 1.76. The van der Waals surface area contributed by atoms with Gasteiger partial charge in [0.2, 0.25) is 0 Å². The van der Waals surface area contributed by atoms with Crippen LogP contribution in [0.25, 0.3) is 0 Å². The quantitative estimate of drug-likeness (QED) is 0.265. The zero-order valence-electron chi connectivity index (χ0n) is 14.7. The Kier molecular flexibility index (Phi) is 11.6. The number of hydrogen-bond donors (Lipinski definition) is 2. The number of guanidine groups is 1. The minimum atomic E-state index is 0. The van der Waals surface area contributed by atoms with Crippen molar-refractivity contribution >= 4 is 41.3 Å². The highest BCUT2D eigenvalue weighted by molar-refractivity contribution is 14.0. The van der Waals surface area contributed by atoms with Gasteiger partial charge >= 0.3 is 0 Å². The van der Waals surface area contributed by atoms with Crippen LogP contribution in [-0.4, -0.2) is 68.8 Å². The molecule has 0 unspecified atom stereocenters. The van der Waals surface area contributed by atoms with Gasteiger partial charge in [-0.25, -0.2) is 4.98 Å². The van der Waals surface area contributed by atoms with Crippen LogP contribution in [0.15, 0.2) is 11.2 Å². The summed E-state index contributed by atoms with van der Waals surface area (Å²) in [4.78, 5) is 12.4. The molecule has 1 aromatic heterocycles. The summed E-state index contributed by atoms with van der Waals surface area (Å²) in [6, 6.07) is 0. The summed E-state index contributed by atoms with van der Waals surface area (Å²) in [5.41, 5.74) is 0. The molecule has 1 aliphatic rings. The third kappa shape index (κ3) is 8.59. The van der Waals surface area contributed by atoms with E-state index in [4.69, 9.17) is 4.74 Å². The molecule has 0 atom stereocenters. The van der Waals surface area contributed by atoms with Gasteiger partial charge in [0.1, 0.15) is 0 Å². The van der Waals surface area contributed by atoms with Gasteiger partial charge in [-0.05, 0) is 26.3 Å². The van der Waals surface area contributed by atoms with Crippen molar-refractivity contribution in [2.75, 3.05) is 53.0 Å². The number of ether oxygens (including phenoxy) is 1. The number of unbranched alkanes of at least 4 members (excludes halogenated alkanes) is 1. The predicted octanol–water partition coefficient (Wildman–Crippen LogP) is 1.89. The van der Waals surface area contributed by atoms with Crippen molar-refractivity contribution in [3.63, 3.8) is 0 Å². The fraction of sp³-hybridized carbons (Fsp3) is 0.750. The predicted molar refractivity (Wildman–Crippen MR) is 112 cm³/mol. The number of aliphatic imine (C=N–C) groups is 1. The van der Waals surface area contributed by atoms with Gasteiger partial charge in [-0.1, -0.05) is 0 Å². The Morgan fingerprint density at radius 3 is 2.71 bits per heavy atom. The number of nitrogens with one attached hydrogen (secondary N) is 2. The van der Waals surface area contributed by atoms with E-state index in [1.54, 1.807) is 11.3 Å². The fourth-order valence-corrected chi connectivity index (χ4v) is 3.30. The van der Waals surface area contributed by atoms with Crippen molar-refractivity contribution in [2.45, 2.75) is 26.2 Å². The van der Waals surface area contributed by atoms with Gasteiger partial charge in [0.05, 0.1) is 18.2 Å². The first-order valence-electron chi connectivity index (χ1n) is 8.44. The Morgan fingerprint density at radius 2 is 2.04 bits per heavy atom. The molecule has 24 heavy (non-hydrogen) atoms. The van der Waals surface area contributed by atoms with Crippen LogP contribution in [0.5, 0.6) is 0 Å². The van der Waals surface area contributed by atoms with Crippen LogP contribution >= 0.6 is 35.3 Å². The molecule has 0 radical (unpaired) electrons. The van der Waals surface area contributed by atoms with Crippen molar-refractivity contribution < 1.29 is 4.74 Å². The van der Waals surface area contributed by atoms with Crippen LogP contribution in [0.3, 0.4) is 0 Å². The second-order valence-corrected chi connectivity index (χ2v) is 7.02. The Morgan fingerprint density at radius 1 is 1.29 bits per heavy atom. The van der Waals surface area contributed by atoms with E-state index in [1.165, 1.54) is 22.9 Å². The van der Waals surface area contributed by atoms with Crippen LogP contribution in [0.1, 0.15) is 22.7 Å². The largest absolute Gasteiger partial charge is 0.379 e. The van der Waals surface area contributed by atoms with E-state index in [2.05, 4.69) is 32.4 Å². The van der Waals surface area contributed by atoms with Crippen molar-refractivity contribution in [3.05, 3.63) is 16.1 Å². The molecule has 2 N–H and O–H groups in total. The molecule has 0 aliphatic carbocycles. The lowest BCUT2D eigenvalue weighted by Gasteiger charge is -2.26. The number of nitrogens with zero attached hydrogens (tertiary/aromatic N) is 3. The van der Waals surface area contributed by atoms with Crippen LogP contribution in [0.2, 0.25) is 0 Å². The average Bonchev–Trinajstić information content (AvgIpc) is 2.99. The number of hydrogen-bond acceptors (Lipinski definition) is 5. The van der Waals surface area contributed by atoms with E-state index in [-0.39, 0.29) is 24.0 Å². The Bertz CT molecular complexity index is 477. The van der Waals surface area contributed by atoms with E-state index in [0.29, 0.717) is 0 Å². The minimum absolute atomic E-state index is 0. The van der Waals surface area contributed by atoms with Gasteiger partial charge in [0.15, 0.2) is 5.96 Å². The molecule has 0 aromatic carbocycles. The highest BCUT2D eigenvalue weighted by Crippen LogP contribution is 2.10. The second kappa shape index (κ2) is 12.8. The molecule has 1 saturated heterocycles. The Hall–Kier alpha value is -0.450. The zero-order chi connectivity index (χ0) is 16.3. The summed E-state index contributed by atoms with van der Waals surface area (Å²) in [6.45, 7) is 8.99. The second-order valence-electron chi connectivity index (χ2n) is 5.70. The van der Waals surface area contributed by atoms with E-state index in [0.717, 1.165) is 58.2 Å². The normalized spacial score (nSPS) is 15.8. The van der Waals surface area contributed by atoms with Crippen LogP contribution in [-0.2, 0) is 11.2 Å². The maximum absolute atomic E-state index is 5.36. The summed E-state index contributed by atoms with van der Waals surface area (Å²) in [5.74, 6) is 0.879. The van der Waals surface area contributed by atoms with E-state index in [1.807, 2.05) is 13.2 Å². The van der Waals surface area contributed by atoms with Crippen molar-refractivity contribution in [3.8, 4) is 0 Å². The molecule has 0 amide bonds. The summed E-state index contributed by atoms with van der Waals surface area (Å²) in [7, 11) is 1.82. The summed E-state index contributed by atoms with van der Waals surface area (Å²) in [5, 5.41) is 7.90. The third-order valence-electron chi connectivity index (χ3n) is 3.82. The van der Waals surface area contributed by atoms with Gasteiger partial charge in [0.25, 0.3) is 0 Å². The molecule has 0 spiro atoms. The summed E-state index contributed by atoms with van der Waals surface area (Å²) < 4.78 is 5.36. The van der Waals surface area contributed by atoms with Gasteiger partial charge < -0.3 is 15.4 Å². The maximum Gasteiger partial charge on any atom is 0.190 e. The molecule has 1 fully saturated rings. The SMILES string of the molecule is CN=C(NCCCCN1CCOCC1)NCCc1ncc(C)s1.I. The Balaban J connectivity index is 0.00000288. The number of aryl methyl sites for hydroxylation is 1. The molecule has 138 valence electrons. The topological polar surface area (TPSA) is 61.8 Å². The van der Waals surface area contributed by atoms with E-state index >= 15 is 0 Å². The molecule has 8 heteroatoms. The van der Waals surface area contributed by atoms with Crippen LogP contribution < -0.4 is 10.6 Å². The smallest absolute Gasteiger partial charge is 0.190 e. The van der Waals surface area contributed by atoms with E-state index in [9.17, 15) is 0 Å². The molecule has 2 rings (SSSR count). The highest BCUT2D eigenvalue weighted by atomic mass is 127. The number of morpholine rings is 1. The zero-order valence-corrected chi connectivity index (χ0v) is 17.9. The lowest BCUT2D eigenvalue weighted by atomic mass is 10.3. The van der Waals surface area contributed by atoms with Gasteiger partial charge in [-0.3, -0.25) is 9.89 Å². The van der Waals surface area contributed by atoms with Crippen LogP contribution in [0.4, 0.5) is 0 Å². The number of aromatic nitrogens is 1. The Labute approximate surface area is 166 Å². The summed E-state index contributed by atoms with van der Waals surface area (Å²) in [6.07, 6.45) is 5.24. The molecule has 0 bridgehead atoms. The maximum atomic E-state index is 5.36. The lowest BCUT2D eigenvalue weighted by molar-refractivity contribution is 0.0372. The van der Waals surface area contributed by atoms with Gasteiger partial charge in [-0.15, -0.1) is 35.3 Å². The third-order valence-corrected chi connectivity index (χ3v) is 4.79. The molecule has 1 aromatic rings. The molecule has 2 heterocycles. The minimum Gasteiger partial charge on any atom is -0.379 e. The standard InChI is InChI=1S/C16H29N5OS.HI/c1-14-13-20-15(23-14)5-7-19-16(17-2)18-6-3-4-8-21-9-11-22-12-10-21;/h13H,3-12H2,1-2H3,(H2,17,18,19);1H. The van der Waals surface area contributed by atoms with Gasteiger partial charge in [-0.2, -0.15) is 0 Å². The molecular weight excluding hydrogens is 437 g/mol. The van der Waals surface area contributed by atoms with Crippen molar-refractivity contribution in [1.82, 2.24) is 20.5 Å². The number of thiazole rings is 1. The van der Waals surface area contributed by atoms with Crippen molar-refractivity contribution in [2.24, 2.45) is 4.99 Å². The molecule has 1 aliphatic heterocycles. The molecule has 0 saturated carbocycles. The first kappa shape index (κ1) is 21.6. The average molecular weight is 467 g/mol. The number of halogens is 1. The fourth-order valence-electron chi connectivity index (χ4n) is 2.52. The van der Waals surface area contributed by atoms with Gasteiger partial charge in [0, 0.05) is 50.7 Å². The van der Waals surface area contributed by atoms with Crippen molar-refractivity contribution in [1.29, 1.82) is 0 Å².